The molecule has 3 N–H and O–H groups in total. The molecule has 1 aromatic heterocycles. The van der Waals surface area contributed by atoms with Crippen LogP contribution in [0.3, 0.4) is 0 Å². The van der Waals surface area contributed by atoms with Crippen LogP contribution in [-0.2, 0) is 10.3 Å². The first-order valence-corrected chi connectivity index (χ1v) is 11.7. The van der Waals surface area contributed by atoms with Crippen molar-refractivity contribution in [1.82, 2.24) is 14.7 Å². The molecule has 8 nitrogen and oxygen atoms in total. The summed E-state index contributed by atoms with van der Waals surface area (Å²) in [6, 6.07) is 17.2. The van der Waals surface area contributed by atoms with Crippen LogP contribution in [0.4, 0.5) is 5.82 Å². The van der Waals surface area contributed by atoms with E-state index in [0.717, 1.165) is 36.4 Å². The van der Waals surface area contributed by atoms with Gasteiger partial charge in [-0.15, -0.1) is 0 Å². The van der Waals surface area contributed by atoms with Crippen molar-refractivity contribution in [3.8, 4) is 22.8 Å². The summed E-state index contributed by atoms with van der Waals surface area (Å²) in [4.78, 5) is 25.8. The Morgan fingerprint density at radius 2 is 1.80 bits per heavy atom. The van der Waals surface area contributed by atoms with E-state index in [9.17, 15) is 9.59 Å². The molecule has 0 aliphatic carbocycles. The van der Waals surface area contributed by atoms with Crippen molar-refractivity contribution in [3.63, 3.8) is 0 Å². The maximum atomic E-state index is 12.1. The molecule has 35 heavy (non-hydrogen) atoms. The number of para-hydroxylation sites is 1. The molecule has 0 spiro atoms. The van der Waals surface area contributed by atoms with Crippen LogP contribution < -0.4 is 15.8 Å². The average molecular weight is 474 g/mol. The summed E-state index contributed by atoms with van der Waals surface area (Å²) in [5, 5.41) is 8.28. The van der Waals surface area contributed by atoms with Crippen LogP contribution >= 0.6 is 0 Å². The minimum atomic E-state index is -0.287. The molecule has 1 unspecified atom stereocenters. The number of rotatable bonds is 6. The number of benzene rings is 2. The second-order valence-corrected chi connectivity index (χ2v) is 8.76. The molecule has 3 heterocycles. The highest BCUT2D eigenvalue weighted by Crippen LogP contribution is 2.43. The molecular weight excluding hydrogens is 442 g/mol. The average Bonchev–Trinajstić information content (AvgIpc) is 3.25. The second kappa shape index (κ2) is 10.1. The normalized spacial score (nSPS) is 18.8. The quantitative estimate of drug-likeness (QED) is 0.416. The van der Waals surface area contributed by atoms with Gasteiger partial charge in [0.05, 0.1) is 11.1 Å². The lowest BCUT2D eigenvalue weighted by Crippen LogP contribution is -2.60. The van der Waals surface area contributed by atoms with E-state index in [1.807, 2.05) is 59.3 Å². The lowest BCUT2D eigenvalue weighted by molar-refractivity contribution is -0.135. The Kier molecular flexibility index (Phi) is 7.02. The smallest absolute Gasteiger partial charge is 0.245 e. The Bertz CT molecular complexity index is 1200. The van der Waals surface area contributed by atoms with Crippen molar-refractivity contribution in [2.24, 2.45) is 11.7 Å². The van der Waals surface area contributed by atoms with Gasteiger partial charge in [-0.05, 0) is 62.9 Å². The number of carbonyl (C=O) groups is 2. The van der Waals surface area contributed by atoms with Gasteiger partial charge in [0, 0.05) is 31.1 Å². The van der Waals surface area contributed by atoms with E-state index in [2.05, 4.69) is 24.6 Å². The van der Waals surface area contributed by atoms with Gasteiger partial charge in [0.15, 0.2) is 6.29 Å². The van der Waals surface area contributed by atoms with Crippen molar-refractivity contribution in [2.45, 2.75) is 18.9 Å². The third-order valence-corrected chi connectivity index (χ3v) is 6.80. The first-order chi connectivity index (χ1) is 17.0. The van der Waals surface area contributed by atoms with E-state index < -0.39 is 0 Å². The predicted molar refractivity (Wildman–Crippen MR) is 137 cm³/mol. The summed E-state index contributed by atoms with van der Waals surface area (Å²) in [6.45, 7) is 7.82. The van der Waals surface area contributed by atoms with Crippen LogP contribution in [-0.4, -0.2) is 53.6 Å². The Hall–Kier alpha value is -3.91. The van der Waals surface area contributed by atoms with Crippen LogP contribution in [0, 0.1) is 5.92 Å². The van der Waals surface area contributed by atoms with Crippen LogP contribution in [0.2, 0.25) is 0 Å². The van der Waals surface area contributed by atoms with Crippen molar-refractivity contribution in [3.05, 3.63) is 72.8 Å². The van der Waals surface area contributed by atoms with E-state index in [0.29, 0.717) is 30.1 Å². The molecule has 3 aromatic rings. The van der Waals surface area contributed by atoms with E-state index in [-0.39, 0.29) is 17.4 Å². The third-order valence-electron chi connectivity index (χ3n) is 6.80. The molecule has 1 amide bonds. The van der Waals surface area contributed by atoms with Crippen LogP contribution in [0.25, 0.3) is 11.3 Å². The highest BCUT2D eigenvalue weighted by atomic mass is 16.5. The Morgan fingerprint density at radius 3 is 2.43 bits per heavy atom. The third kappa shape index (κ3) is 4.44. The molecular formula is C27H31N5O3. The van der Waals surface area contributed by atoms with Gasteiger partial charge in [0.1, 0.15) is 23.0 Å². The fourth-order valence-electron chi connectivity index (χ4n) is 4.70. The molecule has 0 bridgehead atoms. The van der Waals surface area contributed by atoms with Gasteiger partial charge in [-0.2, -0.15) is 5.10 Å². The molecule has 1 saturated heterocycles. The summed E-state index contributed by atoms with van der Waals surface area (Å²) in [6.07, 6.45) is 3.09. The number of anilines is 1. The molecule has 8 heteroatoms. The monoisotopic (exact) mass is 473 g/mol. The number of nitrogens with one attached hydrogen (secondary N) is 1. The van der Waals surface area contributed by atoms with Gasteiger partial charge in [-0.3, -0.25) is 9.59 Å². The van der Waals surface area contributed by atoms with Crippen LogP contribution in [0.5, 0.6) is 11.5 Å². The number of hydrogen-bond donors (Lipinski definition) is 2. The molecule has 1 atom stereocenters. The van der Waals surface area contributed by atoms with Crippen molar-refractivity contribution in [2.75, 3.05) is 32.0 Å². The first kappa shape index (κ1) is 24.2. The standard InChI is InChI=1S/C26H26N4O3.CH5N/c1-3-23(32)29-15-19(16-29)26(2)13-14-27-25-22(17-31)24(28-30(25)26)18-9-11-21(12-10-18)33-20-7-5-4-6-8-20;1-2/h3-12,17,19,27H,1,13-16H2,2H3;2H2,1H3. The maximum Gasteiger partial charge on any atom is 0.245 e. The molecule has 0 radical (unpaired) electrons. The van der Waals surface area contributed by atoms with E-state index in [4.69, 9.17) is 9.84 Å². The largest absolute Gasteiger partial charge is 0.457 e. The van der Waals surface area contributed by atoms with Gasteiger partial charge in [0.25, 0.3) is 0 Å². The molecule has 1 fully saturated rings. The lowest BCUT2D eigenvalue weighted by atomic mass is 9.77. The Morgan fingerprint density at radius 1 is 1.14 bits per heavy atom. The molecule has 2 aliphatic heterocycles. The van der Waals surface area contributed by atoms with Gasteiger partial charge in [0.2, 0.25) is 5.91 Å². The van der Waals surface area contributed by atoms with E-state index >= 15 is 0 Å². The van der Waals surface area contributed by atoms with Crippen LogP contribution in [0.1, 0.15) is 23.7 Å². The highest BCUT2D eigenvalue weighted by Gasteiger charge is 2.47. The Balaban J connectivity index is 0.00000141. The van der Waals surface area contributed by atoms with Gasteiger partial charge < -0.3 is 20.7 Å². The minimum Gasteiger partial charge on any atom is -0.457 e. The zero-order valence-electron chi connectivity index (χ0n) is 20.1. The van der Waals surface area contributed by atoms with Crippen molar-refractivity contribution in [1.29, 1.82) is 0 Å². The van der Waals surface area contributed by atoms with Crippen molar-refractivity contribution >= 4 is 18.0 Å². The number of ether oxygens (including phenoxy) is 1. The van der Waals surface area contributed by atoms with Gasteiger partial charge >= 0.3 is 0 Å². The fraction of sp³-hybridized carbons (Fsp3) is 0.296. The number of nitrogens with zero attached hydrogens (tertiary/aromatic N) is 3. The molecule has 2 aliphatic rings. The maximum absolute atomic E-state index is 12.1. The zero-order chi connectivity index (χ0) is 25.0. The summed E-state index contributed by atoms with van der Waals surface area (Å²) >= 11 is 0. The number of amides is 1. The summed E-state index contributed by atoms with van der Waals surface area (Å²) < 4.78 is 7.85. The van der Waals surface area contributed by atoms with E-state index in [1.165, 1.54) is 13.1 Å². The number of hydrogen-bond acceptors (Lipinski definition) is 6. The summed E-state index contributed by atoms with van der Waals surface area (Å²) in [5.41, 5.74) is 6.26. The fourth-order valence-corrected chi connectivity index (χ4v) is 4.70. The van der Waals surface area contributed by atoms with Crippen LogP contribution in [0.15, 0.2) is 67.3 Å². The molecule has 5 rings (SSSR count). The number of likely N-dealkylation sites (tertiary alicyclic amines) is 1. The SMILES string of the molecule is C=CC(=O)N1CC(C2(C)CCNc3c(C=O)c(-c4ccc(Oc5ccccc5)cc4)nn32)C1.CN. The number of carbonyl (C=O) groups excluding carboxylic acids is 2. The Labute approximate surface area is 205 Å². The molecule has 2 aromatic carbocycles. The van der Waals surface area contributed by atoms with Gasteiger partial charge in [-0.25, -0.2) is 4.68 Å². The summed E-state index contributed by atoms with van der Waals surface area (Å²) in [5.74, 6) is 2.44. The molecule has 0 saturated carbocycles. The van der Waals surface area contributed by atoms with Crippen molar-refractivity contribution < 1.29 is 14.3 Å². The number of fused-ring (bicyclic) bond motifs is 1. The zero-order valence-corrected chi connectivity index (χ0v) is 20.1. The van der Waals surface area contributed by atoms with E-state index in [1.54, 1.807) is 4.90 Å². The number of aldehydes is 1. The number of nitrogens with two attached hydrogens (primary N) is 1. The van der Waals surface area contributed by atoms with Gasteiger partial charge in [-0.1, -0.05) is 24.8 Å². The summed E-state index contributed by atoms with van der Waals surface area (Å²) in [7, 11) is 1.50. The highest BCUT2D eigenvalue weighted by molar-refractivity contribution is 5.92. The molecule has 182 valence electrons. The predicted octanol–water partition coefficient (Wildman–Crippen LogP) is 3.91. The minimum absolute atomic E-state index is 0.0449. The lowest BCUT2D eigenvalue weighted by Gasteiger charge is -2.50. The number of aromatic nitrogens is 2. The second-order valence-electron chi connectivity index (χ2n) is 8.76. The topological polar surface area (TPSA) is 102 Å². The first-order valence-electron chi connectivity index (χ1n) is 11.7.